The Balaban J connectivity index is 0.00000324. The first-order valence-electron chi connectivity index (χ1n) is 6.09. The van der Waals surface area contributed by atoms with Crippen LogP contribution in [0.1, 0.15) is 36.0 Å². The first-order valence-corrected chi connectivity index (χ1v) is 6.09. The Hall–Kier alpha value is -1.11. The molecule has 7 heteroatoms. The van der Waals surface area contributed by atoms with Gasteiger partial charge in [0.25, 0.3) is 5.91 Å². The molecule has 0 atom stereocenters. The smallest absolute Gasteiger partial charge is 0.289 e. The summed E-state index contributed by atoms with van der Waals surface area (Å²) in [5.41, 5.74) is 0.790. The van der Waals surface area contributed by atoms with Crippen molar-refractivity contribution < 1.29 is 14.1 Å². The highest BCUT2D eigenvalue weighted by atomic mass is 35.5. The number of hydrogen-bond donors (Lipinski definition) is 2. The van der Waals surface area contributed by atoms with E-state index in [1.165, 1.54) is 0 Å². The Kier molecular flexibility index (Phi) is 9.20. The summed E-state index contributed by atoms with van der Waals surface area (Å²) in [6.07, 6.45) is 0. The second kappa shape index (κ2) is 9.77. The lowest BCUT2D eigenvalue weighted by molar-refractivity contribution is 0.0916. The van der Waals surface area contributed by atoms with Crippen LogP contribution in [-0.4, -0.2) is 44.4 Å². The van der Waals surface area contributed by atoms with Crippen LogP contribution in [0.5, 0.6) is 0 Å². The summed E-state index contributed by atoms with van der Waals surface area (Å²) >= 11 is 0. The first-order chi connectivity index (χ1) is 8.65. The molecule has 2 N–H and O–H groups in total. The number of halogens is 1. The van der Waals surface area contributed by atoms with E-state index >= 15 is 0 Å². The number of nitrogens with one attached hydrogen (secondary N) is 2. The minimum Gasteiger partial charge on any atom is -0.383 e. The van der Waals surface area contributed by atoms with E-state index in [2.05, 4.69) is 15.8 Å². The maximum Gasteiger partial charge on any atom is 0.289 e. The van der Waals surface area contributed by atoms with Crippen molar-refractivity contribution in [2.75, 3.05) is 33.4 Å². The molecule has 1 amide bonds. The van der Waals surface area contributed by atoms with E-state index in [1.807, 2.05) is 13.8 Å². The topological polar surface area (TPSA) is 76.4 Å². The fourth-order valence-electron chi connectivity index (χ4n) is 1.32. The fourth-order valence-corrected chi connectivity index (χ4v) is 1.32. The van der Waals surface area contributed by atoms with Crippen molar-refractivity contribution in [3.05, 3.63) is 17.5 Å². The van der Waals surface area contributed by atoms with Crippen LogP contribution < -0.4 is 10.6 Å². The molecule has 0 saturated carbocycles. The van der Waals surface area contributed by atoms with Gasteiger partial charge in [0.2, 0.25) is 5.76 Å². The minimum absolute atomic E-state index is 0. The van der Waals surface area contributed by atoms with Crippen LogP contribution in [0.15, 0.2) is 10.6 Å². The number of nitrogens with zero attached hydrogens (tertiary/aromatic N) is 1. The molecule has 0 aromatic carbocycles. The Morgan fingerprint density at radius 3 is 2.74 bits per heavy atom. The van der Waals surface area contributed by atoms with Crippen LogP contribution >= 0.6 is 12.4 Å². The van der Waals surface area contributed by atoms with Crippen LogP contribution in [0, 0.1) is 0 Å². The molecular weight excluding hydrogens is 270 g/mol. The zero-order valence-corrected chi connectivity index (χ0v) is 12.4. The molecule has 0 bridgehead atoms. The lowest BCUT2D eigenvalue weighted by Crippen LogP contribution is -2.32. The number of methoxy groups -OCH3 is 1. The van der Waals surface area contributed by atoms with Gasteiger partial charge in [0, 0.05) is 32.8 Å². The third-order valence-electron chi connectivity index (χ3n) is 2.41. The zero-order chi connectivity index (χ0) is 13.4. The van der Waals surface area contributed by atoms with E-state index in [-0.39, 0.29) is 30.0 Å². The van der Waals surface area contributed by atoms with Gasteiger partial charge in [-0.25, -0.2) is 0 Å². The van der Waals surface area contributed by atoms with Gasteiger partial charge in [-0.05, 0) is 5.92 Å². The first kappa shape index (κ1) is 17.9. The van der Waals surface area contributed by atoms with Crippen LogP contribution in [0.3, 0.4) is 0 Å². The van der Waals surface area contributed by atoms with E-state index in [0.29, 0.717) is 19.7 Å². The summed E-state index contributed by atoms with van der Waals surface area (Å²) in [6, 6.07) is 1.68. The zero-order valence-electron chi connectivity index (χ0n) is 11.6. The van der Waals surface area contributed by atoms with E-state index in [1.54, 1.807) is 13.2 Å². The summed E-state index contributed by atoms with van der Waals surface area (Å²) in [6.45, 7) is 6.67. The molecule has 1 aromatic rings. The molecule has 0 aliphatic rings. The molecule has 0 fully saturated rings. The fraction of sp³-hybridized carbons (Fsp3) is 0.667. The minimum atomic E-state index is -0.233. The van der Waals surface area contributed by atoms with Crippen LogP contribution in [0.25, 0.3) is 0 Å². The number of ether oxygens (including phenoxy) is 1. The van der Waals surface area contributed by atoms with E-state index in [4.69, 9.17) is 9.26 Å². The van der Waals surface area contributed by atoms with Crippen molar-refractivity contribution in [1.82, 2.24) is 15.8 Å². The lowest BCUT2D eigenvalue weighted by Gasteiger charge is -2.04. The number of hydrogen-bond acceptors (Lipinski definition) is 5. The van der Waals surface area contributed by atoms with Crippen molar-refractivity contribution in [3.63, 3.8) is 0 Å². The highest BCUT2D eigenvalue weighted by Gasteiger charge is 2.13. The molecule has 0 unspecified atom stereocenters. The third kappa shape index (κ3) is 6.56. The molecule has 6 nitrogen and oxygen atoms in total. The highest BCUT2D eigenvalue weighted by Crippen LogP contribution is 2.13. The van der Waals surface area contributed by atoms with E-state index in [0.717, 1.165) is 12.2 Å². The number of carbonyl (C=O) groups excluding carboxylic acids is 1. The number of aromatic nitrogens is 1. The van der Waals surface area contributed by atoms with Gasteiger partial charge in [0.05, 0.1) is 12.3 Å². The summed E-state index contributed by atoms with van der Waals surface area (Å²) in [5, 5.41) is 9.72. The van der Waals surface area contributed by atoms with Gasteiger partial charge in [-0.15, -0.1) is 12.4 Å². The van der Waals surface area contributed by atoms with Gasteiger partial charge >= 0.3 is 0 Å². The molecule has 0 spiro atoms. The average Bonchev–Trinajstić information content (AvgIpc) is 2.83. The van der Waals surface area contributed by atoms with Crippen molar-refractivity contribution >= 4 is 18.3 Å². The Bertz CT molecular complexity index is 369. The standard InChI is InChI=1S/C12H21N3O3.ClH/c1-9(2)10-8-11(18-15-10)12(16)14-5-4-13-6-7-17-3;/h8-9,13H,4-7H2,1-3H3,(H,14,16);1H. The second-order valence-electron chi connectivity index (χ2n) is 4.27. The van der Waals surface area contributed by atoms with Crippen molar-refractivity contribution in [2.24, 2.45) is 0 Å². The SMILES string of the molecule is COCCNCCNC(=O)c1cc(C(C)C)no1.Cl. The summed E-state index contributed by atoms with van der Waals surface area (Å²) in [5.74, 6) is 0.282. The summed E-state index contributed by atoms with van der Waals surface area (Å²) < 4.78 is 9.87. The highest BCUT2D eigenvalue weighted by molar-refractivity contribution is 5.91. The lowest BCUT2D eigenvalue weighted by atomic mass is 10.1. The molecule has 0 radical (unpaired) electrons. The maximum absolute atomic E-state index is 11.7. The van der Waals surface area contributed by atoms with Gasteiger partial charge in [0.15, 0.2) is 0 Å². The van der Waals surface area contributed by atoms with E-state index < -0.39 is 0 Å². The number of amides is 1. The van der Waals surface area contributed by atoms with Crippen LogP contribution in [-0.2, 0) is 4.74 Å². The number of carbonyl (C=O) groups is 1. The largest absolute Gasteiger partial charge is 0.383 e. The quantitative estimate of drug-likeness (QED) is 0.704. The predicted octanol–water partition coefficient (Wildman–Crippen LogP) is 1.19. The normalized spacial score (nSPS) is 10.3. The van der Waals surface area contributed by atoms with Crippen LogP contribution in [0.4, 0.5) is 0 Å². The van der Waals surface area contributed by atoms with Gasteiger partial charge in [-0.3, -0.25) is 4.79 Å². The Morgan fingerprint density at radius 2 is 2.16 bits per heavy atom. The van der Waals surface area contributed by atoms with Gasteiger partial charge in [-0.2, -0.15) is 0 Å². The van der Waals surface area contributed by atoms with Crippen molar-refractivity contribution in [1.29, 1.82) is 0 Å². The Labute approximate surface area is 119 Å². The number of rotatable bonds is 8. The Morgan fingerprint density at radius 1 is 1.42 bits per heavy atom. The van der Waals surface area contributed by atoms with Crippen LogP contribution in [0.2, 0.25) is 0 Å². The van der Waals surface area contributed by atoms with Gasteiger partial charge < -0.3 is 19.9 Å². The summed E-state index contributed by atoms with van der Waals surface area (Å²) in [7, 11) is 1.65. The molecule has 1 heterocycles. The van der Waals surface area contributed by atoms with Crippen molar-refractivity contribution in [2.45, 2.75) is 19.8 Å². The molecule has 1 rings (SSSR count). The molecule has 0 aliphatic heterocycles. The average molecular weight is 292 g/mol. The summed E-state index contributed by atoms with van der Waals surface area (Å²) in [4.78, 5) is 11.7. The van der Waals surface area contributed by atoms with Gasteiger partial charge in [-0.1, -0.05) is 19.0 Å². The van der Waals surface area contributed by atoms with E-state index in [9.17, 15) is 4.79 Å². The maximum atomic E-state index is 11.7. The molecule has 110 valence electrons. The predicted molar refractivity (Wildman–Crippen MR) is 74.9 cm³/mol. The van der Waals surface area contributed by atoms with Crippen molar-refractivity contribution in [3.8, 4) is 0 Å². The molecule has 0 aliphatic carbocycles. The monoisotopic (exact) mass is 291 g/mol. The molecular formula is C12H22ClN3O3. The van der Waals surface area contributed by atoms with Gasteiger partial charge in [0.1, 0.15) is 0 Å². The second-order valence-corrected chi connectivity index (χ2v) is 4.27. The molecule has 19 heavy (non-hydrogen) atoms. The molecule has 1 aromatic heterocycles. The third-order valence-corrected chi connectivity index (χ3v) is 2.41. The molecule has 0 saturated heterocycles.